The molecule has 1 aromatic rings. The molecule has 1 atom stereocenters. The Balaban J connectivity index is 3.24. The molecular weight excluding hydrogens is 276 g/mol. The van der Waals surface area contributed by atoms with Gasteiger partial charge in [0.1, 0.15) is 0 Å². The zero-order valence-corrected chi connectivity index (χ0v) is 13.4. The molecule has 1 rings (SSSR count). The van der Waals surface area contributed by atoms with Crippen LogP contribution in [0.4, 0.5) is 0 Å². The average Bonchev–Trinajstić information content (AvgIpc) is 2.21. The van der Waals surface area contributed by atoms with Gasteiger partial charge in [-0.05, 0) is 43.4 Å². The number of benzene rings is 1. The minimum absolute atomic E-state index is 0.222. The Morgan fingerprint density at radius 1 is 1.15 bits per heavy atom. The fourth-order valence-corrected chi connectivity index (χ4v) is 4.76. The molecule has 0 saturated carbocycles. The van der Waals surface area contributed by atoms with E-state index in [0.29, 0.717) is 5.56 Å². The highest BCUT2D eigenvalue weighted by Crippen LogP contribution is 2.23. The molecule has 5 heteroatoms. The number of hydrogen-bond donors (Lipinski definition) is 1. The number of hydrogen-bond acceptors (Lipinski definition) is 3. The molecule has 0 heterocycles. The fraction of sp³-hybridized carbons (Fsp3) is 0.533. The van der Waals surface area contributed by atoms with Crippen LogP contribution in [0.5, 0.6) is 0 Å². The molecule has 1 aromatic carbocycles. The number of aliphatic carboxylic acids is 1. The highest BCUT2D eigenvalue weighted by molar-refractivity contribution is 7.92. The Labute approximate surface area is 120 Å². The Hall–Kier alpha value is -1.36. The van der Waals surface area contributed by atoms with Gasteiger partial charge in [0.15, 0.2) is 15.1 Å². The summed E-state index contributed by atoms with van der Waals surface area (Å²) in [5.41, 5.74) is 3.56. The van der Waals surface area contributed by atoms with Crippen molar-refractivity contribution in [1.82, 2.24) is 0 Å². The Morgan fingerprint density at radius 2 is 1.60 bits per heavy atom. The van der Waals surface area contributed by atoms with Crippen LogP contribution in [-0.2, 0) is 20.4 Å². The van der Waals surface area contributed by atoms with E-state index in [9.17, 15) is 13.2 Å². The van der Waals surface area contributed by atoms with Crippen LogP contribution in [0.15, 0.2) is 12.1 Å². The van der Waals surface area contributed by atoms with E-state index in [0.717, 1.165) is 16.7 Å². The first-order chi connectivity index (χ1) is 9.06. The van der Waals surface area contributed by atoms with Gasteiger partial charge in [0.05, 0.1) is 5.75 Å². The lowest BCUT2D eigenvalue weighted by Crippen LogP contribution is -2.36. The summed E-state index contributed by atoms with van der Waals surface area (Å²) in [5, 5.41) is 7.80. The first-order valence-corrected chi connectivity index (χ1v) is 8.29. The second-order valence-electron chi connectivity index (χ2n) is 5.69. The van der Waals surface area contributed by atoms with Crippen molar-refractivity contribution in [2.24, 2.45) is 5.92 Å². The molecule has 4 nitrogen and oxygen atoms in total. The van der Waals surface area contributed by atoms with E-state index in [4.69, 9.17) is 5.11 Å². The Kier molecular flexibility index (Phi) is 4.97. The fourth-order valence-electron chi connectivity index (χ4n) is 2.58. The number of aryl methyl sites for hydroxylation is 3. The van der Waals surface area contributed by atoms with E-state index in [1.54, 1.807) is 13.8 Å². The summed E-state index contributed by atoms with van der Waals surface area (Å²) in [7, 11) is -3.73. The topological polar surface area (TPSA) is 71.4 Å². The second-order valence-corrected chi connectivity index (χ2v) is 7.81. The third-order valence-corrected chi connectivity index (χ3v) is 5.63. The monoisotopic (exact) mass is 298 g/mol. The van der Waals surface area contributed by atoms with Gasteiger partial charge in [-0.1, -0.05) is 31.5 Å². The molecule has 0 aromatic heterocycles. The number of carboxylic acids is 1. The summed E-state index contributed by atoms with van der Waals surface area (Å²) >= 11 is 0. The number of carboxylic acid groups (broad SMARTS) is 1. The van der Waals surface area contributed by atoms with Crippen molar-refractivity contribution in [1.29, 1.82) is 0 Å². The van der Waals surface area contributed by atoms with Crippen LogP contribution >= 0.6 is 0 Å². The maximum absolute atomic E-state index is 12.4. The molecule has 0 aliphatic rings. The maximum atomic E-state index is 12.4. The van der Waals surface area contributed by atoms with Gasteiger partial charge in [-0.3, -0.25) is 4.79 Å². The zero-order chi connectivity index (χ0) is 15.7. The van der Waals surface area contributed by atoms with Gasteiger partial charge < -0.3 is 5.11 Å². The normalized spacial score (nSPS) is 13.5. The molecular formula is C15H22O4S. The summed E-state index contributed by atoms with van der Waals surface area (Å²) in [6.45, 7) is 8.90. The predicted molar refractivity (Wildman–Crippen MR) is 79.5 cm³/mol. The predicted octanol–water partition coefficient (Wildman–Crippen LogP) is 2.64. The third kappa shape index (κ3) is 3.60. The van der Waals surface area contributed by atoms with Gasteiger partial charge in [-0.25, -0.2) is 8.42 Å². The summed E-state index contributed by atoms with van der Waals surface area (Å²) < 4.78 is 24.8. The van der Waals surface area contributed by atoms with Crippen LogP contribution in [0.25, 0.3) is 0 Å². The number of carbonyl (C=O) groups is 1. The van der Waals surface area contributed by atoms with E-state index >= 15 is 0 Å². The lowest BCUT2D eigenvalue weighted by molar-refractivity contribution is -0.137. The smallest absolute Gasteiger partial charge is 0.322 e. The summed E-state index contributed by atoms with van der Waals surface area (Å²) in [5.74, 6) is -1.95. The van der Waals surface area contributed by atoms with Crippen LogP contribution in [0.2, 0.25) is 0 Å². The van der Waals surface area contributed by atoms with Crippen LogP contribution in [0.1, 0.15) is 36.1 Å². The Bertz CT molecular complexity index is 592. The molecule has 0 aliphatic heterocycles. The summed E-state index contributed by atoms with van der Waals surface area (Å²) in [6, 6.07) is 3.84. The molecule has 0 spiro atoms. The van der Waals surface area contributed by atoms with Crippen LogP contribution in [0.3, 0.4) is 0 Å². The highest BCUT2D eigenvalue weighted by Gasteiger charge is 2.35. The van der Waals surface area contributed by atoms with Crippen molar-refractivity contribution >= 4 is 15.8 Å². The number of sulfone groups is 1. The van der Waals surface area contributed by atoms with E-state index in [2.05, 4.69) is 0 Å². The molecule has 0 fully saturated rings. The summed E-state index contributed by atoms with van der Waals surface area (Å²) in [6.07, 6.45) is 0. The van der Waals surface area contributed by atoms with Crippen LogP contribution in [-0.4, -0.2) is 24.7 Å². The van der Waals surface area contributed by atoms with E-state index < -0.39 is 27.0 Å². The standard InChI is InChI=1S/C15H22O4S/c1-9(2)14(15(16)17)20(18,19)8-13-11(4)6-10(3)7-12(13)5/h6-7,9,14H,8H2,1-5H3,(H,16,17). The van der Waals surface area contributed by atoms with Crippen molar-refractivity contribution in [3.05, 3.63) is 34.4 Å². The van der Waals surface area contributed by atoms with E-state index in [-0.39, 0.29) is 5.75 Å². The van der Waals surface area contributed by atoms with Crippen LogP contribution < -0.4 is 0 Å². The van der Waals surface area contributed by atoms with Crippen molar-refractivity contribution in [2.45, 2.75) is 45.6 Å². The average molecular weight is 298 g/mol. The lowest BCUT2D eigenvalue weighted by Gasteiger charge is -2.19. The van der Waals surface area contributed by atoms with Gasteiger partial charge in [-0.15, -0.1) is 0 Å². The molecule has 20 heavy (non-hydrogen) atoms. The van der Waals surface area contributed by atoms with Crippen molar-refractivity contribution in [3.8, 4) is 0 Å². The second kappa shape index (κ2) is 5.95. The van der Waals surface area contributed by atoms with E-state index in [1.165, 1.54) is 0 Å². The largest absolute Gasteiger partial charge is 0.480 e. The van der Waals surface area contributed by atoms with Crippen molar-refractivity contribution in [2.75, 3.05) is 0 Å². The van der Waals surface area contributed by atoms with Crippen molar-refractivity contribution < 1.29 is 18.3 Å². The Morgan fingerprint density at radius 3 is 1.95 bits per heavy atom. The lowest BCUT2D eigenvalue weighted by atomic mass is 10.0. The number of rotatable bonds is 5. The SMILES string of the molecule is Cc1cc(C)c(CS(=O)(=O)C(C(=O)O)C(C)C)c(C)c1. The highest BCUT2D eigenvalue weighted by atomic mass is 32.2. The van der Waals surface area contributed by atoms with Gasteiger partial charge >= 0.3 is 5.97 Å². The third-order valence-electron chi connectivity index (χ3n) is 3.42. The van der Waals surface area contributed by atoms with Crippen molar-refractivity contribution in [3.63, 3.8) is 0 Å². The minimum atomic E-state index is -3.73. The summed E-state index contributed by atoms with van der Waals surface area (Å²) in [4.78, 5) is 11.2. The van der Waals surface area contributed by atoms with Gasteiger partial charge in [0.2, 0.25) is 0 Å². The van der Waals surface area contributed by atoms with Crippen LogP contribution in [0, 0.1) is 26.7 Å². The molecule has 0 saturated heterocycles. The van der Waals surface area contributed by atoms with Gasteiger partial charge in [0, 0.05) is 0 Å². The molecule has 0 bridgehead atoms. The van der Waals surface area contributed by atoms with Gasteiger partial charge in [0.25, 0.3) is 0 Å². The zero-order valence-electron chi connectivity index (χ0n) is 12.6. The first kappa shape index (κ1) is 16.7. The minimum Gasteiger partial charge on any atom is -0.480 e. The quantitative estimate of drug-likeness (QED) is 0.907. The molecule has 0 aliphatic carbocycles. The molecule has 0 amide bonds. The first-order valence-electron chi connectivity index (χ1n) is 6.57. The molecule has 1 N–H and O–H groups in total. The van der Waals surface area contributed by atoms with Gasteiger partial charge in [-0.2, -0.15) is 0 Å². The molecule has 0 radical (unpaired) electrons. The van der Waals surface area contributed by atoms with E-state index in [1.807, 2.05) is 32.9 Å². The molecule has 112 valence electrons. The molecule has 1 unspecified atom stereocenters. The maximum Gasteiger partial charge on any atom is 0.322 e.